The van der Waals surface area contributed by atoms with Gasteiger partial charge in [-0.3, -0.25) is 0 Å². The van der Waals surface area contributed by atoms with Crippen LogP contribution in [0.3, 0.4) is 0 Å². The minimum absolute atomic E-state index is 0.458. The van der Waals surface area contributed by atoms with Crippen LogP contribution in [0, 0.1) is 0 Å². The molecule has 1 saturated carbocycles. The molecule has 4 heterocycles. The van der Waals surface area contributed by atoms with Gasteiger partial charge in [0.2, 0.25) is 0 Å². The second kappa shape index (κ2) is 6.11. The lowest BCUT2D eigenvalue weighted by Gasteiger charge is -2.35. The SMILES string of the molecule is CNC1CCC(N)(c2ncc3c(-c4ccc5nccn5n4)ccn3n2)CC1. The number of nitrogens with zero attached hydrogens (tertiary/aromatic N) is 6. The molecular formula is C19H22N8. The molecule has 1 fully saturated rings. The van der Waals surface area contributed by atoms with Crippen molar-refractivity contribution in [2.75, 3.05) is 7.05 Å². The van der Waals surface area contributed by atoms with Crippen LogP contribution in [-0.4, -0.2) is 42.3 Å². The summed E-state index contributed by atoms with van der Waals surface area (Å²) in [4.78, 5) is 8.88. The van der Waals surface area contributed by atoms with Gasteiger partial charge >= 0.3 is 0 Å². The highest BCUT2D eigenvalue weighted by molar-refractivity contribution is 5.78. The van der Waals surface area contributed by atoms with Crippen molar-refractivity contribution < 1.29 is 0 Å². The summed E-state index contributed by atoms with van der Waals surface area (Å²) in [7, 11) is 2.01. The predicted octanol–water partition coefficient (Wildman–Crippen LogP) is 1.75. The molecule has 0 amide bonds. The molecule has 0 aromatic carbocycles. The van der Waals surface area contributed by atoms with E-state index in [-0.39, 0.29) is 0 Å². The molecule has 1 aliphatic rings. The summed E-state index contributed by atoms with van der Waals surface area (Å²) in [6.07, 6.45) is 11.2. The van der Waals surface area contributed by atoms with Gasteiger partial charge in [0.25, 0.3) is 0 Å². The van der Waals surface area contributed by atoms with Crippen LogP contribution in [0.15, 0.2) is 43.0 Å². The molecule has 0 spiro atoms. The van der Waals surface area contributed by atoms with E-state index in [0.29, 0.717) is 11.9 Å². The van der Waals surface area contributed by atoms with Crippen molar-refractivity contribution in [1.82, 2.24) is 34.5 Å². The molecule has 0 aliphatic heterocycles. The normalized spacial score (nSPS) is 23.3. The minimum atomic E-state index is -0.458. The monoisotopic (exact) mass is 362 g/mol. The van der Waals surface area contributed by atoms with Crippen molar-refractivity contribution in [3.05, 3.63) is 48.8 Å². The summed E-state index contributed by atoms with van der Waals surface area (Å²) < 4.78 is 3.62. The zero-order valence-corrected chi connectivity index (χ0v) is 15.2. The molecule has 5 rings (SSSR count). The maximum absolute atomic E-state index is 6.67. The van der Waals surface area contributed by atoms with Crippen molar-refractivity contribution in [3.8, 4) is 11.3 Å². The van der Waals surface area contributed by atoms with E-state index in [1.54, 1.807) is 10.7 Å². The molecule has 4 aromatic rings. The number of hydrogen-bond acceptors (Lipinski definition) is 6. The number of nitrogens with one attached hydrogen (secondary N) is 1. The van der Waals surface area contributed by atoms with Gasteiger partial charge in [-0.15, -0.1) is 0 Å². The summed E-state index contributed by atoms with van der Waals surface area (Å²) >= 11 is 0. The third-order valence-corrected chi connectivity index (χ3v) is 5.68. The van der Waals surface area contributed by atoms with Gasteiger partial charge in [-0.25, -0.2) is 19.0 Å². The molecular weight excluding hydrogens is 340 g/mol. The first-order chi connectivity index (χ1) is 13.2. The summed E-state index contributed by atoms with van der Waals surface area (Å²) in [5.41, 5.74) is 9.79. The first-order valence-electron chi connectivity index (χ1n) is 9.28. The molecule has 8 nitrogen and oxygen atoms in total. The van der Waals surface area contributed by atoms with Gasteiger partial charge in [0.05, 0.1) is 22.9 Å². The van der Waals surface area contributed by atoms with Crippen LogP contribution in [0.25, 0.3) is 22.4 Å². The molecule has 27 heavy (non-hydrogen) atoms. The second-order valence-corrected chi connectivity index (χ2v) is 7.31. The molecule has 4 aromatic heterocycles. The Labute approximate surface area is 156 Å². The fourth-order valence-corrected chi connectivity index (χ4v) is 3.95. The van der Waals surface area contributed by atoms with Crippen LogP contribution in [0.4, 0.5) is 0 Å². The number of imidazole rings is 1. The predicted molar refractivity (Wildman–Crippen MR) is 102 cm³/mol. The van der Waals surface area contributed by atoms with Crippen LogP contribution in [0.2, 0.25) is 0 Å². The smallest absolute Gasteiger partial charge is 0.169 e. The van der Waals surface area contributed by atoms with Gasteiger partial charge in [0.1, 0.15) is 0 Å². The summed E-state index contributed by atoms with van der Waals surface area (Å²) in [6.45, 7) is 0. The highest BCUT2D eigenvalue weighted by Gasteiger charge is 2.35. The summed E-state index contributed by atoms with van der Waals surface area (Å²) in [6, 6.07) is 6.47. The Bertz CT molecular complexity index is 1100. The lowest BCUT2D eigenvalue weighted by Crippen LogP contribution is -2.45. The first-order valence-corrected chi connectivity index (χ1v) is 9.28. The van der Waals surface area contributed by atoms with E-state index in [0.717, 1.165) is 48.1 Å². The Morgan fingerprint density at radius 1 is 1.07 bits per heavy atom. The zero-order chi connectivity index (χ0) is 18.4. The molecule has 0 bridgehead atoms. The average Bonchev–Trinajstić information content (AvgIpc) is 3.34. The molecule has 138 valence electrons. The lowest BCUT2D eigenvalue weighted by molar-refractivity contribution is 0.245. The Balaban J connectivity index is 1.51. The van der Waals surface area contributed by atoms with Crippen molar-refractivity contribution in [2.45, 2.75) is 37.3 Å². The van der Waals surface area contributed by atoms with E-state index in [4.69, 9.17) is 10.8 Å². The van der Waals surface area contributed by atoms with E-state index in [1.165, 1.54) is 0 Å². The van der Waals surface area contributed by atoms with Crippen molar-refractivity contribution in [1.29, 1.82) is 0 Å². The number of hydrogen-bond donors (Lipinski definition) is 2. The lowest BCUT2D eigenvalue weighted by atomic mass is 9.79. The number of fused-ring (bicyclic) bond motifs is 2. The van der Waals surface area contributed by atoms with E-state index in [9.17, 15) is 0 Å². The molecule has 0 unspecified atom stereocenters. The molecule has 0 saturated heterocycles. The Morgan fingerprint density at radius 3 is 2.74 bits per heavy atom. The van der Waals surface area contributed by atoms with E-state index >= 15 is 0 Å². The van der Waals surface area contributed by atoms with Gasteiger partial charge in [-0.1, -0.05) is 0 Å². The minimum Gasteiger partial charge on any atom is -0.319 e. The standard InChI is InChI=1S/C19H22N8/c1-21-13-4-7-19(20,8-5-13)18-23-12-16-14(6-10-26(16)25-18)15-2-3-17-22-9-11-27(17)24-15/h2-3,6,9-13,21H,4-5,7-8,20H2,1H3. The van der Waals surface area contributed by atoms with Crippen LogP contribution < -0.4 is 11.1 Å². The van der Waals surface area contributed by atoms with Gasteiger partial charge < -0.3 is 11.1 Å². The van der Waals surface area contributed by atoms with Crippen LogP contribution >= 0.6 is 0 Å². The largest absolute Gasteiger partial charge is 0.319 e. The fourth-order valence-electron chi connectivity index (χ4n) is 3.95. The maximum Gasteiger partial charge on any atom is 0.169 e. The Morgan fingerprint density at radius 2 is 1.93 bits per heavy atom. The van der Waals surface area contributed by atoms with Crippen LogP contribution in [0.5, 0.6) is 0 Å². The van der Waals surface area contributed by atoms with Gasteiger partial charge in [-0.05, 0) is 50.9 Å². The van der Waals surface area contributed by atoms with Gasteiger partial charge in [0.15, 0.2) is 11.5 Å². The molecule has 1 aliphatic carbocycles. The number of rotatable bonds is 3. The quantitative estimate of drug-likeness (QED) is 0.576. The molecule has 8 heteroatoms. The topological polar surface area (TPSA) is 98.4 Å². The number of aromatic nitrogens is 6. The third-order valence-electron chi connectivity index (χ3n) is 5.68. The second-order valence-electron chi connectivity index (χ2n) is 7.31. The van der Waals surface area contributed by atoms with Crippen LogP contribution in [-0.2, 0) is 5.54 Å². The highest BCUT2D eigenvalue weighted by atomic mass is 15.3. The highest BCUT2D eigenvalue weighted by Crippen LogP contribution is 2.33. The number of nitrogens with two attached hydrogens (primary N) is 1. The van der Waals surface area contributed by atoms with Gasteiger partial charge in [-0.2, -0.15) is 10.2 Å². The first kappa shape index (κ1) is 16.3. The third kappa shape index (κ3) is 2.68. The maximum atomic E-state index is 6.67. The van der Waals surface area contributed by atoms with Crippen molar-refractivity contribution in [3.63, 3.8) is 0 Å². The van der Waals surface area contributed by atoms with E-state index in [2.05, 4.69) is 20.4 Å². The average molecular weight is 362 g/mol. The Kier molecular flexibility index (Phi) is 3.70. The van der Waals surface area contributed by atoms with Crippen molar-refractivity contribution >= 4 is 11.2 Å². The van der Waals surface area contributed by atoms with E-state index < -0.39 is 5.54 Å². The molecule has 3 N–H and O–H groups in total. The molecule has 0 radical (unpaired) electrons. The van der Waals surface area contributed by atoms with E-state index in [1.807, 2.05) is 48.4 Å². The zero-order valence-electron chi connectivity index (χ0n) is 15.2. The van der Waals surface area contributed by atoms with Gasteiger partial charge in [0, 0.05) is 30.2 Å². The van der Waals surface area contributed by atoms with Crippen molar-refractivity contribution in [2.24, 2.45) is 5.73 Å². The summed E-state index contributed by atoms with van der Waals surface area (Å²) in [5.74, 6) is 0.713. The Hall–Kier alpha value is -2.84. The molecule has 0 atom stereocenters. The summed E-state index contributed by atoms with van der Waals surface area (Å²) in [5, 5.41) is 12.7. The fraction of sp³-hybridized carbons (Fsp3) is 0.368. The van der Waals surface area contributed by atoms with Crippen LogP contribution in [0.1, 0.15) is 31.5 Å².